The average molecular weight is 385 g/mol. The van der Waals surface area contributed by atoms with Gasteiger partial charge in [-0.15, -0.1) is 0 Å². The first kappa shape index (κ1) is 14.3. The molecule has 0 radical (unpaired) electrons. The van der Waals surface area contributed by atoms with Crippen LogP contribution in [0.1, 0.15) is 5.56 Å². The third kappa shape index (κ3) is 2.32. The number of rotatable bonds is 2. The van der Waals surface area contributed by atoms with E-state index in [0.29, 0.717) is 9.13 Å². The number of halogens is 2. The van der Waals surface area contributed by atoms with Crippen molar-refractivity contribution in [2.24, 2.45) is 0 Å². The van der Waals surface area contributed by atoms with Crippen molar-refractivity contribution in [2.75, 3.05) is 18.6 Å². The van der Waals surface area contributed by atoms with Crippen molar-refractivity contribution in [2.45, 2.75) is 0 Å². The maximum absolute atomic E-state index is 14.1. The van der Waals surface area contributed by atoms with Crippen LogP contribution in [0.2, 0.25) is 0 Å². The van der Waals surface area contributed by atoms with Crippen LogP contribution in [0.3, 0.4) is 0 Å². The van der Waals surface area contributed by atoms with E-state index < -0.39 is 5.82 Å². The number of nitrogens with two attached hydrogens (primary N) is 2. The van der Waals surface area contributed by atoms with Gasteiger partial charge in [-0.25, -0.2) is 9.37 Å². The summed E-state index contributed by atoms with van der Waals surface area (Å²) in [6, 6.07) is 5.02. The Labute approximate surface area is 127 Å². The number of nitriles is 1. The molecule has 0 aliphatic carbocycles. The first-order chi connectivity index (χ1) is 9.49. The fourth-order valence-corrected chi connectivity index (χ4v) is 2.14. The molecule has 8 heteroatoms. The molecule has 0 atom stereocenters. The number of anilines is 2. The number of nitrogens with zero attached hydrogens (tertiary/aromatic N) is 3. The van der Waals surface area contributed by atoms with E-state index in [0.717, 1.165) is 0 Å². The highest BCUT2D eigenvalue weighted by Gasteiger charge is 2.20. The van der Waals surface area contributed by atoms with Crippen molar-refractivity contribution in [3.05, 3.63) is 27.1 Å². The molecule has 1 aromatic carbocycles. The first-order valence-electron chi connectivity index (χ1n) is 5.35. The average Bonchev–Trinajstić information content (AvgIpc) is 2.41. The third-order valence-corrected chi connectivity index (χ3v) is 3.41. The number of aromatic nitrogens is 2. The predicted octanol–water partition coefficient (Wildman–Crippen LogP) is 1.93. The monoisotopic (exact) mass is 385 g/mol. The van der Waals surface area contributed by atoms with Gasteiger partial charge in [-0.2, -0.15) is 10.2 Å². The summed E-state index contributed by atoms with van der Waals surface area (Å²) in [6.45, 7) is 0. The Hall–Kier alpha value is -2.15. The zero-order valence-electron chi connectivity index (χ0n) is 10.3. The summed E-state index contributed by atoms with van der Waals surface area (Å²) in [5.41, 5.74) is 11.6. The fourth-order valence-electron chi connectivity index (χ4n) is 1.72. The molecule has 2 rings (SSSR count). The third-order valence-electron chi connectivity index (χ3n) is 2.58. The second-order valence-electron chi connectivity index (χ2n) is 3.74. The van der Waals surface area contributed by atoms with Crippen molar-refractivity contribution in [3.63, 3.8) is 0 Å². The molecule has 0 fully saturated rings. The van der Waals surface area contributed by atoms with Crippen molar-refractivity contribution in [3.8, 4) is 23.1 Å². The maximum atomic E-state index is 14.1. The molecule has 0 spiro atoms. The lowest BCUT2D eigenvalue weighted by atomic mass is 10.1. The van der Waals surface area contributed by atoms with E-state index in [-0.39, 0.29) is 28.8 Å². The van der Waals surface area contributed by atoms with Gasteiger partial charge in [-0.05, 0) is 34.7 Å². The van der Waals surface area contributed by atoms with Crippen molar-refractivity contribution >= 4 is 34.4 Å². The Morgan fingerprint density at radius 3 is 2.65 bits per heavy atom. The summed E-state index contributed by atoms with van der Waals surface area (Å²) in [7, 11) is 1.33. The fraction of sp³-hybridized carbons (Fsp3) is 0.0833. The molecule has 0 aliphatic heterocycles. The molecule has 2 aromatic rings. The lowest BCUT2D eigenvalue weighted by Crippen LogP contribution is -2.06. The number of hydrogen-bond acceptors (Lipinski definition) is 6. The van der Waals surface area contributed by atoms with Crippen LogP contribution >= 0.6 is 22.6 Å². The van der Waals surface area contributed by atoms with Crippen molar-refractivity contribution < 1.29 is 9.13 Å². The zero-order chi connectivity index (χ0) is 14.9. The summed E-state index contributed by atoms with van der Waals surface area (Å²) in [6.07, 6.45) is 0. The molecule has 1 heterocycles. The number of nitrogen functional groups attached to an aromatic ring is 2. The van der Waals surface area contributed by atoms with E-state index in [4.69, 9.17) is 21.5 Å². The second kappa shape index (κ2) is 5.46. The van der Waals surface area contributed by atoms with Gasteiger partial charge in [0.05, 0.1) is 16.4 Å². The van der Waals surface area contributed by atoms with Crippen molar-refractivity contribution in [1.29, 1.82) is 5.26 Å². The topological polar surface area (TPSA) is 111 Å². The summed E-state index contributed by atoms with van der Waals surface area (Å²) < 4.78 is 19.5. The zero-order valence-corrected chi connectivity index (χ0v) is 12.5. The molecule has 0 amide bonds. The smallest absolute Gasteiger partial charge is 0.222 e. The molecule has 0 saturated carbocycles. The SMILES string of the molecule is COc1c(-c2nc(N)nc(N)c2C#N)ccc(I)c1F. The van der Waals surface area contributed by atoms with Crippen molar-refractivity contribution in [1.82, 2.24) is 9.97 Å². The van der Waals surface area contributed by atoms with E-state index in [9.17, 15) is 4.39 Å². The Morgan fingerprint density at radius 1 is 1.35 bits per heavy atom. The van der Waals surface area contributed by atoms with Gasteiger partial charge in [0.25, 0.3) is 0 Å². The van der Waals surface area contributed by atoms with E-state index in [1.165, 1.54) is 7.11 Å². The molecular formula is C12H9FIN5O. The molecule has 6 nitrogen and oxygen atoms in total. The Morgan fingerprint density at radius 2 is 2.05 bits per heavy atom. The van der Waals surface area contributed by atoms with E-state index in [2.05, 4.69) is 9.97 Å². The van der Waals surface area contributed by atoms with Crippen LogP contribution in [-0.4, -0.2) is 17.1 Å². The minimum absolute atomic E-state index is 0.0223. The van der Waals surface area contributed by atoms with Crippen LogP contribution in [0.25, 0.3) is 11.3 Å². The quantitative estimate of drug-likeness (QED) is 0.765. The van der Waals surface area contributed by atoms with Crippen LogP contribution in [0.4, 0.5) is 16.2 Å². The molecule has 1 aromatic heterocycles. The summed E-state index contributed by atoms with van der Waals surface area (Å²) in [5, 5.41) is 9.15. The first-order valence-corrected chi connectivity index (χ1v) is 6.43. The molecule has 0 unspecified atom stereocenters. The molecule has 20 heavy (non-hydrogen) atoms. The highest BCUT2D eigenvalue weighted by molar-refractivity contribution is 14.1. The highest BCUT2D eigenvalue weighted by Crippen LogP contribution is 2.36. The molecule has 102 valence electrons. The van der Waals surface area contributed by atoms with Gasteiger partial charge in [0.1, 0.15) is 17.5 Å². The van der Waals surface area contributed by atoms with Gasteiger partial charge in [-0.1, -0.05) is 0 Å². The Kier molecular flexibility index (Phi) is 3.89. The van der Waals surface area contributed by atoms with Gasteiger partial charge < -0.3 is 16.2 Å². The lowest BCUT2D eigenvalue weighted by molar-refractivity contribution is 0.386. The van der Waals surface area contributed by atoms with Gasteiger partial charge in [-0.3, -0.25) is 0 Å². The number of methoxy groups -OCH3 is 1. The minimum Gasteiger partial charge on any atom is -0.493 e. The van der Waals surface area contributed by atoms with Gasteiger partial charge >= 0.3 is 0 Å². The van der Waals surface area contributed by atoms with E-state index >= 15 is 0 Å². The minimum atomic E-state index is -0.537. The van der Waals surface area contributed by atoms with Gasteiger partial charge in [0.15, 0.2) is 11.6 Å². The van der Waals surface area contributed by atoms with Gasteiger partial charge in [0, 0.05) is 5.56 Å². The molecule has 4 N–H and O–H groups in total. The summed E-state index contributed by atoms with van der Waals surface area (Å²) in [4.78, 5) is 7.68. The number of ether oxygens (including phenoxy) is 1. The van der Waals surface area contributed by atoms with Crippen LogP contribution < -0.4 is 16.2 Å². The predicted molar refractivity (Wildman–Crippen MR) is 80.2 cm³/mol. The normalized spacial score (nSPS) is 10.1. The summed E-state index contributed by atoms with van der Waals surface area (Å²) in [5.74, 6) is -0.718. The highest BCUT2D eigenvalue weighted by atomic mass is 127. The second-order valence-corrected chi connectivity index (χ2v) is 4.91. The van der Waals surface area contributed by atoms with E-state index in [1.54, 1.807) is 12.1 Å². The van der Waals surface area contributed by atoms with Crippen LogP contribution in [0.5, 0.6) is 5.75 Å². The van der Waals surface area contributed by atoms with Crippen LogP contribution in [0, 0.1) is 20.7 Å². The van der Waals surface area contributed by atoms with E-state index in [1.807, 2.05) is 28.7 Å². The number of hydrogen-bond donors (Lipinski definition) is 2. The largest absolute Gasteiger partial charge is 0.493 e. The Bertz CT molecular complexity index is 729. The lowest BCUT2D eigenvalue weighted by Gasteiger charge is -2.12. The Balaban J connectivity index is 2.82. The van der Waals surface area contributed by atoms with Gasteiger partial charge in [0.2, 0.25) is 5.95 Å². The number of benzene rings is 1. The molecule has 0 aliphatic rings. The molecular weight excluding hydrogens is 376 g/mol. The maximum Gasteiger partial charge on any atom is 0.222 e. The van der Waals surface area contributed by atoms with Crippen LogP contribution in [-0.2, 0) is 0 Å². The standard InChI is InChI=1S/C12H9FIN5O/c1-20-10-5(2-3-7(14)8(10)13)9-6(4-15)11(16)19-12(17)18-9/h2-3H,1H3,(H4,16,17,18,19). The molecule has 0 saturated heterocycles. The van der Waals surface area contributed by atoms with Crippen LogP contribution in [0.15, 0.2) is 12.1 Å². The summed E-state index contributed by atoms with van der Waals surface area (Å²) >= 11 is 1.84. The molecule has 0 bridgehead atoms.